The summed E-state index contributed by atoms with van der Waals surface area (Å²) in [7, 11) is 0. The number of aromatic nitrogens is 2. The normalized spacial score (nSPS) is 12.5. The summed E-state index contributed by atoms with van der Waals surface area (Å²) in [5, 5.41) is 6.50. The van der Waals surface area contributed by atoms with E-state index in [2.05, 4.69) is 28.3 Å². The van der Waals surface area contributed by atoms with E-state index in [1.807, 2.05) is 29.6 Å². The van der Waals surface area contributed by atoms with Gasteiger partial charge in [-0.2, -0.15) is 0 Å². The summed E-state index contributed by atoms with van der Waals surface area (Å²) in [4.78, 5) is 9.56. The number of hydrogen-bond donors (Lipinski definition) is 2. The Morgan fingerprint density at radius 1 is 1.26 bits per heavy atom. The highest BCUT2D eigenvalue weighted by Gasteiger charge is 2.09. The molecule has 0 radical (unpaired) electrons. The lowest BCUT2D eigenvalue weighted by Gasteiger charge is -2.15. The van der Waals surface area contributed by atoms with Crippen molar-refractivity contribution < 1.29 is 0 Å². The lowest BCUT2D eigenvalue weighted by Crippen LogP contribution is -2.08. The Kier molecular flexibility index (Phi) is 3.05. The SMILES string of the molecule is CC(Nc1ncnc2sccc12)c1cccc(N)c1. The molecule has 0 aliphatic rings. The minimum Gasteiger partial charge on any atom is -0.399 e. The molecule has 1 aromatic carbocycles. The fourth-order valence-electron chi connectivity index (χ4n) is 2.02. The number of fused-ring (bicyclic) bond motifs is 1. The Morgan fingerprint density at radius 2 is 2.16 bits per heavy atom. The fraction of sp³-hybridized carbons (Fsp3) is 0.143. The van der Waals surface area contributed by atoms with Crippen LogP contribution in [0, 0.1) is 0 Å². The minimum atomic E-state index is 0.140. The number of anilines is 2. The number of thiophene rings is 1. The van der Waals surface area contributed by atoms with Crippen LogP contribution in [0.4, 0.5) is 11.5 Å². The molecule has 0 saturated heterocycles. The van der Waals surface area contributed by atoms with Gasteiger partial charge in [0.15, 0.2) is 0 Å². The van der Waals surface area contributed by atoms with Gasteiger partial charge in [0.05, 0.1) is 11.4 Å². The van der Waals surface area contributed by atoms with Gasteiger partial charge in [-0.15, -0.1) is 11.3 Å². The predicted molar refractivity (Wildman–Crippen MR) is 80.3 cm³/mol. The van der Waals surface area contributed by atoms with E-state index >= 15 is 0 Å². The fourth-order valence-corrected chi connectivity index (χ4v) is 2.75. The quantitative estimate of drug-likeness (QED) is 0.715. The molecule has 1 unspecified atom stereocenters. The van der Waals surface area contributed by atoms with Crippen molar-refractivity contribution in [2.75, 3.05) is 11.1 Å². The second-order valence-electron chi connectivity index (χ2n) is 4.40. The number of nitrogens with one attached hydrogen (secondary N) is 1. The topological polar surface area (TPSA) is 63.8 Å². The number of benzene rings is 1. The minimum absolute atomic E-state index is 0.140. The maximum atomic E-state index is 5.81. The Labute approximate surface area is 115 Å². The highest BCUT2D eigenvalue weighted by molar-refractivity contribution is 7.16. The van der Waals surface area contributed by atoms with Crippen LogP contribution in [0.25, 0.3) is 10.2 Å². The van der Waals surface area contributed by atoms with Crippen molar-refractivity contribution in [1.82, 2.24) is 9.97 Å². The van der Waals surface area contributed by atoms with E-state index < -0.39 is 0 Å². The molecular weight excluding hydrogens is 256 g/mol. The van der Waals surface area contributed by atoms with Gasteiger partial charge in [-0.3, -0.25) is 0 Å². The Bertz CT molecular complexity index is 707. The molecular formula is C14H14N4S. The molecule has 0 aliphatic heterocycles. The van der Waals surface area contributed by atoms with Crippen molar-refractivity contribution >= 4 is 33.1 Å². The molecule has 4 nitrogen and oxygen atoms in total. The molecule has 0 fully saturated rings. The van der Waals surface area contributed by atoms with Crippen molar-refractivity contribution in [3.05, 3.63) is 47.6 Å². The van der Waals surface area contributed by atoms with Crippen LogP contribution in [-0.4, -0.2) is 9.97 Å². The van der Waals surface area contributed by atoms with Crippen LogP contribution >= 0.6 is 11.3 Å². The van der Waals surface area contributed by atoms with Gasteiger partial charge < -0.3 is 11.1 Å². The lowest BCUT2D eigenvalue weighted by molar-refractivity contribution is 0.876. The van der Waals surface area contributed by atoms with E-state index in [1.54, 1.807) is 17.7 Å². The van der Waals surface area contributed by atoms with Crippen molar-refractivity contribution in [3.63, 3.8) is 0 Å². The smallest absolute Gasteiger partial charge is 0.138 e. The van der Waals surface area contributed by atoms with Crippen molar-refractivity contribution in [2.45, 2.75) is 13.0 Å². The van der Waals surface area contributed by atoms with Gasteiger partial charge in [-0.1, -0.05) is 12.1 Å². The standard InChI is InChI=1S/C14H14N4S/c1-9(10-3-2-4-11(15)7-10)18-13-12-5-6-19-14(12)17-8-16-13/h2-9H,15H2,1H3,(H,16,17,18). The largest absolute Gasteiger partial charge is 0.399 e. The van der Waals surface area contributed by atoms with Gasteiger partial charge in [-0.25, -0.2) is 9.97 Å². The first-order valence-corrected chi connectivity index (χ1v) is 6.92. The molecule has 2 heterocycles. The van der Waals surface area contributed by atoms with Gasteiger partial charge in [0.25, 0.3) is 0 Å². The molecule has 0 amide bonds. The highest BCUT2D eigenvalue weighted by atomic mass is 32.1. The molecule has 3 aromatic rings. The predicted octanol–water partition coefficient (Wildman–Crippen LogP) is 3.45. The van der Waals surface area contributed by atoms with E-state index in [9.17, 15) is 0 Å². The van der Waals surface area contributed by atoms with E-state index in [-0.39, 0.29) is 6.04 Å². The molecule has 0 spiro atoms. The number of hydrogen-bond acceptors (Lipinski definition) is 5. The first-order chi connectivity index (χ1) is 9.24. The zero-order valence-electron chi connectivity index (χ0n) is 10.5. The third kappa shape index (κ3) is 2.37. The first kappa shape index (κ1) is 11.9. The molecule has 5 heteroatoms. The zero-order valence-corrected chi connectivity index (χ0v) is 11.3. The summed E-state index contributed by atoms with van der Waals surface area (Å²) in [6, 6.07) is 10.1. The summed E-state index contributed by atoms with van der Waals surface area (Å²) in [5.74, 6) is 0.862. The summed E-state index contributed by atoms with van der Waals surface area (Å²) in [6.07, 6.45) is 1.59. The van der Waals surface area contributed by atoms with Crippen LogP contribution in [-0.2, 0) is 0 Å². The number of nitrogens with zero attached hydrogens (tertiary/aromatic N) is 2. The molecule has 0 saturated carbocycles. The average Bonchev–Trinajstić information content (AvgIpc) is 2.88. The van der Waals surface area contributed by atoms with Crippen LogP contribution in [0.15, 0.2) is 42.0 Å². The molecule has 0 aliphatic carbocycles. The van der Waals surface area contributed by atoms with Crippen LogP contribution < -0.4 is 11.1 Å². The van der Waals surface area contributed by atoms with Crippen LogP contribution in [0.5, 0.6) is 0 Å². The third-order valence-electron chi connectivity index (χ3n) is 3.03. The number of nitrogen functional groups attached to an aromatic ring is 1. The monoisotopic (exact) mass is 270 g/mol. The van der Waals surface area contributed by atoms with Crippen LogP contribution in [0.3, 0.4) is 0 Å². The molecule has 2 aromatic heterocycles. The summed E-state index contributed by atoms with van der Waals surface area (Å²) in [6.45, 7) is 2.09. The maximum Gasteiger partial charge on any atom is 0.138 e. The van der Waals surface area contributed by atoms with Gasteiger partial charge in [-0.05, 0) is 36.1 Å². The summed E-state index contributed by atoms with van der Waals surface area (Å²) < 4.78 is 0. The maximum absolute atomic E-state index is 5.81. The lowest BCUT2D eigenvalue weighted by atomic mass is 10.1. The van der Waals surface area contributed by atoms with E-state index in [4.69, 9.17) is 5.73 Å². The van der Waals surface area contributed by atoms with Crippen LogP contribution in [0.2, 0.25) is 0 Å². The van der Waals surface area contributed by atoms with E-state index in [0.717, 1.165) is 27.3 Å². The Hall–Kier alpha value is -2.14. The third-order valence-corrected chi connectivity index (χ3v) is 3.85. The van der Waals surface area contributed by atoms with Crippen LogP contribution in [0.1, 0.15) is 18.5 Å². The van der Waals surface area contributed by atoms with Gasteiger partial charge in [0.1, 0.15) is 17.0 Å². The summed E-state index contributed by atoms with van der Waals surface area (Å²) >= 11 is 1.62. The molecule has 96 valence electrons. The van der Waals surface area contributed by atoms with Gasteiger partial charge in [0.2, 0.25) is 0 Å². The Balaban J connectivity index is 1.90. The molecule has 19 heavy (non-hydrogen) atoms. The van der Waals surface area contributed by atoms with Crippen molar-refractivity contribution in [1.29, 1.82) is 0 Å². The second-order valence-corrected chi connectivity index (χ2v) is 5.29. The number of rotatable bonds is 3. The second kappa shape index (κ2) is 4.85. The zero-order chi connectivity index (χ0) is 13.2. The molecule has 3 rings (SSSR count). The Morgan fingerprint density at radius 3 is 3.00 bits per heavy atom. The summed E-state index contributed by atoms with van der Waals surface area (Å²) in [5.41, 5.74) is 7.73. The first-order valence-electron chi connectivity index (χ1n) is 6.04. The van der Waals surface area contributed by atoms with E-state index in [0.29, 0.717) is 0 Å². The number of nitrogens with two attached hydrogens (primary N) is 1. The van der Waals surface area contributed by atoms with Gasteiger partial charge in [0, 0.05) is 5.69 Å². The van der Waals surface area contributed by atoms with E-state index in [1.165, 1.54) is 0 Å². The molecule has 3 N–H and O–H groups in total. The van der Waals surface area contributed by atoms with Gasteiger partial charge >= 0.3 is 0 Å². The molecule has 1 atom stereocenters. The van der Waals surface area contributed by atoms with Crippen molar-refractivity contribution in [2.24, 2.45) is 0 Å². The average molecular weight is 270 g/mol. The highest BCUT2D eigenvalue weighted by Crippen LogP contribution is 2.27. The van der Waals surface area contributed by atoms with Crippen molar-refractivity contribution in [3.8, 4) is 0 Å². The molecule has 0 bridgehead atoms.